The van der Waals surface area contributed by atoms with E-state index in [2.05, 4.69) is 0 Å². The second-order valence-electron chi connectivity index (χ2n) is 1.000. The Morgan fingerprint density at radius 3 is 2.62 bits per heavy atom. The van der Waals surface area contributed by atoms with E-state index in [9.17, 15) is 0 Å². The van der Waals surface area contributed by atoms with Gasteiger partial charge in [0, 0.05) is 5.82 Å². The minimum absolute atomic E-state index is 0.660. The highest BCUT2D eigenvalue weighted by atomic mass is 35.9. The summed E-state index contributed by atoms with van der Waals surface area (Å²) in [7, 11) is 0. The lowest BCUT2D eigenvalue weighted by atomic mass is 10.9. The Morgan fingerprint density at radius 2 is 2.25 bits per heavy atom. The van der Waals surface area contributed by atoms with Crippen molar-refractivity contribution in [2.24, 2.45) is 0 Å². The Morgan fingerprint density at radius 1 is 1.62 bits per heavy atom. The molecule has 0 aliphatic heterocycles. The van der Waals surface area contributed by atoms with E-state index < -0.39 is 6.63 Å². The molecular formula is C4H7Cl2OP. The van der Waals surface area contributed by atoms with Gasteiger partial charge in [-0.2, -0.15) is 0 Å². The Bertz CT molecular complexity index is 74.4. The van der Waals surface area contributed by atoms with Crippen LogP contribution in [-0.2, 0) is 4.74 Å². The average Bonchev–Trinajstić information content (AvgIpc) is 1.66. The molecule has 0 aromatic carbocycles. The van der Waals surface area contributed by atoms with Gasteiger partial charge in [0.05, 0.1) is 12.9 Å². The molecule has 0 aromatic rings. The summed E-state index contributed by atoms with van der Waals surface area (Å²) in [5.41, 5.74) is 0. The van der Waals surface area contributed by atoms with Crippen LogP contribution < -0.4 is 0 Å². The molecule has 0 heterocycles. The monoisotopic (exact) mass is 172 g/mol. The zero-order chi connectivity index (χ0) is 6.41. The molecule has 0 fully saturated rings. The molecule has 0 radical (unpaired) electrons. The molecule has 0 atom stereocenters. The topological polar surface area (TPSA) is 9.23 Å². The van der Waals surface area contributed by atoms with Crippen LogP contribution >= 0.6 is 29.1 Å². The van der Waals surface area contributed by atoms with Crippen LogP contribution in [0, 0.1) is 0 Å². The number of ether oxygens (including phenoxy) is 1. The summed E-state index contributed by atoms with van der Waals surface area (Å²) < 4.78 is 4.81. The van der Waals surface area contributed by atoms with E-state index in [1.165, 1.54) is 6.26 Å². The second kappa shape index (κ2) is 5.68. The molecular weight excluding hydrogens is 166 g/mol. The van der Waals surface area contributed by atoms with Gasteiger partial charge >= 0.3 is 0 Å². The van der Waals surface area contributed by atoms with Crippen molar-refractivity contribution < 1.29 is 4.74 Å². The van der Waals surface area contributed by atoms with Crippen molar-refractivity contribution >= 4 is 29.1 Å². The van der Waals surface area contributed by atoms with Crippen molar-refractivity contribution in [3.8, 4) is 0 Å². The van der Waals surface area contributed by atoms with Crippen LogP contribution in [0.25, 0.3) is 0 Å². The van der Waals surface area contributed by atoms with Gasteiger partial charge in [-0.1, -0.05) is 22.5 Å². The predicted molar refractivity (Wildman–Crippen MR) is 39.4 cm³/mol. The third-order valence-corrected chi connectivity index (χ3v) is 1.46. The minimum Gasteiger partial charge on any atom is -0.501 e. The molecule has 0 saturated carbocycles. The fraction of sp³-hybridized carbons (Fsp3) is 0.500. The molecule has 4 heteroatoms. The van der Waals surface area contributed by atoms with Gasteiger partial charge in [0.2, 0.25) is 0 Å². The molecule has 0 aliphatic rings. The third kappa shape index (κ3) is 6.55. The minimum atomic E-state index is -0.973. The fourth-order valence-electron chi connectivity index (χ4n) is 0.185. The van der Waals surface area contributed by atoms with Crippen LogP contribution in [0.1, 0.15) is 6.92 Å². The van der Waals surface area contributed by atoms with Crippen molar-refractivity contribution in [1.29, 1.82) is 0 Å². The van der Waals surface area contributed by atoms with Crippen molar-refractivity contribution in [3.05, 3.63) is 12.1 Å². The summed E-state index contributed by atoms with van der Waals surface area (Å²) in [5.74, 6) is 1.63. The molecule has 0 aromatic heterocycles. The molecule has 1 nitrogen and oxygen atoms in total. The van der Waals surface area contributed by atoms with E-state index in [4.69, 9.17) is 27.2 Å². The van der Waals surface area contributed by atoms with Crippen molar-refractivity contribution in [2.45, 2.75) is 6.92 Å². The van der Waals surface area contributed by atoms with Crippen molar-refractivity contribution in [1.82, 2.24) is 0 Å². The summed E-state index contributed by atoms with van der Waals surface area (Å²) in [6, 6.07) is 0. The zero-order valence-corrected chi connectivity index (χ0v) is 6.88. The second-order valence-corrected chi connectivity index (χ2v) is 4.52. The summed E-state index contributed by atoms with van der Waals surface area (Å²) in [6.07, 6.45) is 1.52. The molecule has 0 unspecified atom stereocenters. The van der Waals surface area contributed by atoms with E-state index in [0.29, 0.717) is 6.61 Å². The quantitative estimate of drug-likeness (QED) is 0.469. The predicted octanol–water partition coefficient (Wildman–Crippen LogP) is 3.28. The van der Waals surface area contributed by atoms with Gasteiger partial charge in [-0.15, -0.1) is 0 Å². The molecule has 0 aliphatic carbocycles. The summed E-state index contributed by atoms with van der Waals surface area (Å²) in [6.45, 7) is 1.58. The van der Waals surface area contributed by atoms with Gasteiger partial charge in [0.1, 0.15) is 6.63 Å². The van der Waals surface area contributed by atoms with Crippen molar-refractivity contribution in [3.63, 3.8) is 0 Å². The first-order chi connectivity index (χ1) is 3.77. The first kappa shape index (κ1) is 8.55. The van der Waals surface area contributed by atoms with Gasteiger partial charge < -0.3 is 4.74 Å². The van der Waals surface area contributed by atoms with Crippen LogP contribution in [0.5, 0.6) is 0 Å². The summed E-state index contributed by atoms with van der Waals surface area (Å²) in [4.78, 5) is 0. The normalized spacial score (nSPS) is 11.0. The molecule has 8 heavy (non-hydrogen) atoms. The first-order valence-electron chi connectivity index (χ1n) is 2.16. The summed E-state index contributed by atoms with van der Waals surface area (Å²) >= 11 is 10.8. The SMILES string of the molecule is CCO/C=C\P(Cl)Cl. The van der Waals surface area contributed by atoms with Gasteiger partial charge in [0.25, 0.3) is 0 Å². The first-order valence-corrected chi connectivity index (χ1v) is 5.38. The summed E-state index contributed by atoms with van der Waals surface area (Å²) in [5, 5.41) is 0. The zero-order valence-electron chi connectivity index (χ0n) is 4.47. The van der Waals surface area contributed by atoms with Crippen LogP contribution in [-0.4, -0.2) is 6.61 Å². The number of halogens is 2. The maximum Gasteiger partial charge on any atom is 0.112 e. The van der Waals surface area contributed by atoms with Gasteiger partial charge in [-0.05, 0) is 6.92 Å². The lowest BCUT2D eigenvalue weighted by Crippen LogP contribution is -1.73. The van der Waals surface area contributed by atoms with Gasteiger partial charge in [0.15, 0.2) is 0 Å². The van der Waals surface area contributed by atoms with Crippen LogP contribution in [0.15, 0.2) is 12.1 Å². The van der Waals surface area contributed by atoms with Gasteiger partial charge in [-0.3, -0.25) is 0 Å². The number of hydrogen-bond acceptors (Lipinski definition) is 1. The average molecular weight is 173 g/mol. The molecule has 0 saturated heterocycles. The van der Waals surface area contributed by atoms with Crippen LogP contribution in [0.2, 0.25) is 0 Å². The molecule has 0 bridgehead atoms. The van der Waals surface area contributed by atoms with E-state index in [1.807, 2.05) is 6.92 Å². The van der Waals surface area contributed by atoms with E-state index >= 15 is 0 Å². The Kier molecular flexibility index (Phi) is 6.07. The van der Waals surface area contributed by atoms with Gasteiger partial charge in [-0.25, -0.2) is 0 Å². The van der Waals surface area contributed by atoms with E-state index in [1.54, 1.807) is 5.82 Å². The molecule has 0 rings (SSSR count). The van der Waals surface area contributed by atoms with Crippen molar-refractivity contribution in [2.75, 3.05) is 6.61 Å². The lowest BCUT2D eigenvalue weighted by Gasteiger charge is -1.91. The maximum atomic E-state index is 5.38. The molecule has 48 valence electrons. The molecule has 0 spiro atoms. The molecule has 0 amide bonds. The Hall–Kier alpha value is 0.550. The highest BCUT2D eigenvalue weighted by Crippen LogP contribution is 2.47. The number of rotatable bonds is 3. The van der Waals surface area contributed by atoms with E-state index in [-0.39, 0.29) is 0 Å². The highest BCUT2D eigenvalue weighted by molar-refractivity contribution is 8.06. The largest absolute Gasteiger partial charge is 0.501 e. The molecule has 0 N–H and O–H groups in total. The highest BCUT2D eigenvalue weighted by Gasteiger charge is 1.86. The van der Waals surface area contributed by atoms with E-state index in [0.717, 1.165) is 0 Å². The third-order valence-electron chi connectivity index (χ3n) is 0.436. The number of hydrogen-bond donors (Lipinski definition) is 0. The maximum absolute atomic E-state index is 5.38. The van der Waals surface area contributed by atoms with Crippen LogP contribution in [0.4, 0.5) is 0 Å². The Labute approximate surface area is 59.9 Å². The van der Waals surface area contributed by atoms with Crippen LogP contribution in [0.3, 0.4) is 0 Å². The smallest absolute Gasteiger partial charge is 0.112 e. The fourth-order valence-corrected chi connectivity index (χ4v) is 0.639. The Balaban J connectivity index is 3.07. The standard InChI is InChI=1S/C4H7Cl2OP/c1-2-7-3-4-8(5)6/h3-4H,2H2,1H3/b4-3-. The lowest BCUT2D eigenvalue weighted by molar-refractivity contribution is 0.270.